The topological polar surface area (TPSA) is 110 Å². The molecule has 2 aromatic rings. The standard InChI is InChI=1S/C19H27N5O3/c1-7-10(2)17(18(26)27)22-16(25)9-15-13(5)23-24(14(15)6)19-20-11(3)8-12(4)21-19/h8,10,17H,7,9H2,1-6H3,(H,22,25)(H,26,27). The minimum atomic E-state index is -1.02. The smallest absolute Gasteiger partial charge is 0.326 e. The van der Waals surface area contributed by atoms with Gasteiger partial charge in [0.2, 0.25) is 5.91 Å². The first-order valence-electron chi connectivity index (χ1n) is 9.03. The molecule has 2 N–H and O–H groups in total. The van der Waals surface area contributed by atoms with Gasteiger partial charge in [0, 0.05) is 22.6 Å². The maximum absolute atomic E-state index is 12.5. The van der Waals surface area contributed by atoms with Crippen molar-refractivity contribution in [3.63, 3.8) is 0 Å². The van der Waals surface area contributed by atoms with Crippen LogP contribution >= 0.6 is 0 Å². The number of aryl methyl sites for hydroxylation is 3. The molecule has 146 valence electrons. The van der Waals surface area contributed by atoms with Crippen LogP contribution in [0.5, 0.6) is 0 Å². The minimum absolute atomic E-state index is 0.0582. The molecular formula is C19H27N5O3. The lowest BCUT2D eigenvalue weighted by Gasteiger charge is -2.20. The van der Waals surface area contributed by atoms with Crippen LogP contribution in [0.1, 0.15) is 48.6 Å². The first kappa shape index (κ1) is 20.5. The summed E-state index contributed by atoms with van der Waals surface area (Å²) in [6.07, 6.45) is 0.722. The number of hydrogen-bond acceptors (Lipinski definition) is 5. The second kappa shape index (κ2) is 8.28. The van der Waals surface area contributed by atoms with Crippen molar-refractivity contribution in [2.24, 2.45) is 5.92 Å². The summed E-state index contributed by atoms with van der Waals surface area (Å²) >= 11 is 0. The Bertz CT molecular complexity index is 839. The van der Waals surface area contributed by atoms with E-state index in [1.165, 1.54) is 0 Å². The van der Waals surface area contributed by atoms with Crippen LogP contribution < -0.4 is 5.32 Å². The van der Waals surface area contributed by atoms with Gasteiger partial charge in [-0.3, -0.25) is 4.79 Å². The van der Waals surface area contributed by atoms with E-state index in [4.69, 9.17) is 0 Å². The Morgan fingerprint density at radius 3 is 2.30 bits per heavy atom. The number of rotatable bonds is 7. The van der Waals surface area contributed by atoms with Gasteiger partial charge in [-0.1, -0.05) is 20.3 Å². The quantitative estimate of drug-likeness (QED) is 0.769. The van der Waals surface area contributed by atoms with Crippen LogP contribution in [0.4, 0.5) is 0 Å². The number of aromatic nitrogens is 4. The molecule has 2 aromatic heterocycles. The van der Waals surface area contributed by atoms with Gasteiger partial charge in [0.15, 0.2) is 0 Å². The van der Waals surface area contributed by atoms with Crippen molar-refractivity contribution in [1.82, 2.24) is 25.1 Å². The predicted octanol–water partition coefficient (Wildman–Crippen LogP) is 2.05. The molecule has 0 fully saturated rings. The summed E-state index contributed by atoms with van der Waals surface area (Å²) in [4.78, 5) is 32.7. The van der Waals surface area contributed by atoms with Gasteiger partial charge in [0.1, 0.15) is 6.04 Å². The van der Waals surface area contributed by atoms with Crippen LogP contribution in [0.15, 0.2) is 6.07 Å². The normalized spacial score (nSPS) is 13.3. The third-order valence-electron chi connectivity index (χ3n) is 4.73. The fraction of sp³-hybridized carbons (Fsp3) is 0.526. The number of carbonyl (C=O) groups excluding carboxylic acids is 1. The number of nitrogens with zero attached hydrogens (tertiary/aromatic N) is 4. The van der Waals surface area contributed by atoms with Crippen molar-refractivity contribution in [2.45, 2.75) is 60.4 Å². The molecule has 0 spiro atoms. The molecule has 8 nitrogen and oxygen atoms in total. The minimum Gasteiger partial charge on any atom is -0.480 e. The van der Waals surface area contributed by atoms with Gasteiger partial charge in [0.25, 0.3) is 5.95 Å². The number of carboxylic acid groups (broad SMARTS) is 1. The lowest BCUT2D eigenvalue weighted by atomic mass is 9.99. The summed E-state index contributed by atoms with van der Waals surface area (Å²) in [6.45, 7) is 11.2. The molecule has 0 aliphatic carbocycles. The number of hydrogen-bond donors (Lipinski definition) is 2. The van der Waals surface area contributed by atoms with Gasteiger partial charge >= 0.3 is 5.97 Å². The van der Waals surface area contributed by atoms with Crippen molar-refractivity contribution in [2.75, 3.05) is 0 Å². The number of nitrogens with one attached hydrogen (secondary N) is 1. The molecule has 1 amide bonds. The molecule has 0 radical (unpaired) electrons. The van der Waals surface area contributed by atoms with E-state index < -0.39 is 12.0 Å². The Hall–Kier alpha value is -2.77. The van der Waals surface area contributed by atoms with Crippen LogP contribution in [0.2, 0.25) is 0 Å². The van der Waals surface area contributed by atoms with Gasteiger partial charge in [-0.25, -0.2) is 19.4 Å². The lowest BCUT2D eigenvalue weighted by Crippen LogP contribution is -2.45. The largest absolute Gasteiger partial charge is 0.480 e. The molecule has 2 unspecified atom stereocenters. The Morgan fingerprint density at radius 2 is 1.78 bits per heavy atom. The van der Waals surface area contributed by atoms with Crippen LogP contribution in [-0.4, -0.2) is 42.8 Å². The molecule has 2 heterocycles. The van der Waals surface area contributed by atoms with Gasteiger partial charge in [-0.15, -0.1) is 0 Å². The van der Waals surface area contributed by atoms with Crippen LogP contribution in [0, 0.1) is 33.6 Å². The highest BCUT2D eigenvalue weighted by Crippen LogP contribution is 2.17. The molecular weight excluding hydrogens is 346 g/mol. The number of carbonyl (C=O) groups is 2. The average molecular weight is 373 g/mol. The zero-order chi connectivity index (χ0) is 20.3. The maximum atomic E-state index is 12.5. The fourth-order valence-electron chi connectivity index (χ4n) is 3.00. The lowest BCUT2D eigenvalue weighted by molar-refractivity contribution is -0.143. The summed E-state index contributed by atoms with van der Waals surface area (Å²) in [6, 6.07) is 0.978. The Balaban J connectivity index is 2.26. The summed E-state index contributed by atoms with van der Waals surface area (Å²) < 4.78 is 1.63. The second-order valence-electron chi connectivity index (χ2n) is 6.96. The third-order valence-corrected chi connectivity index (χ3v) is 4.73. The SMILES string of the molecule is CCC(C)C(NC(=O)Cc1c(C)nn(-c2nc(C)cc(C)n2)c1C)C(=O)O. The van der Waals surface area contributed by atoms with E-state index in [9.17, 15) is 14.7 Å². The predicted molar refractivity (Wildman–Crippen MR) is 101 cm³/mol. The van der Waals surface area contributed by atoms with E-state index in [2.05, 4.69) is 20.4 Å². The zero-order valence-corrected chi connectivity index (χ0v) is 16.7. The van der Waals surface area contributed by atoms with E-state index in [0.29, 0.717) is 18.1 Å². The van der Waals surface area contributed by atoms with Gasteiger partial charge < -0.3 is 10.4 Å². The van der Waals surface area contributed by atoms with E-state index in [1.54, 1.807) is 4.68 Å². The Kier molecular flexibility index (Phi) is 6.30. The molecule has 27 heavy (non-hydrogen) atoms. The molecule has 0 saturated carbocycles. The van der Waals surface area contributed by atoms with Crippen molar-refractivity contribution < 1.29 is 14.7 Å². The Labute approximate surface area is 159 Å². The molecule has 8 heteroatoms. The first-order chi connectivity index (χ1) is 12.6. The summed E-state index contributed by atoms with van der Waals surface area (Å²) in [5.41, 5.74) is 3.89. The number of amides is 1. The maximum Gasteiger partial charge on any atom is 0.326 e. The molecule has 2 atom stereocenters. The fourth-order valence-corrected chi connectivity index (χ4v) is 3.00. The zero-order valence-electron chi connectivity index (χ0n) is 16.7. The summed E-state index contributed by atoms with van der Waals surface area (Å²) in [7, 11) is 0. The molecule has 2 rings (SSSR count). The Morgan fingerprint density at radius 1 is 1.19 bits per heavy atom. The molecule has 0 bridgehead atoms. The molecule has 0 aliphatic rings. The second-order valence-corrected chi connectivity index (χ2v) is 6.96. The highest BCUT2D eigenvalue weighted by atomic mass is 16.4. The first-order valence-corrected chi connectivity index (χ1v) is 9.03. The van der Waals surface area contributed by atoms with Gasteiger partial charge in [0.05, 0.1) is 12.1 Å². The summed E-state index contributed by atoms with van der Waals surface area (Å²) in [5, 5.41) is 16.5. The van der Waals surface area contributed by atoms with Crippen LogP contribution in [0.25, 0.3) is 5.95 Å². The van der Waals surface area contributed by atoms with E-state index in [1.807, 2.05) is 47.6 Å². The van der Waals surface area contributed by atoms with Gasteiger partial charge in [-0.05, 0) is 39.7 Å². The van der Waals surface area contributed by atoms with Crippen molar-refractivity contribution in [1.29, 1.82) is 0 Å². The van der Waals surface area contributed by atoms with Crippen molar-refractivity contribution in [3.05, 3.63) is 34.4 Å². The van der Waals surface area contributed by atoms with Crippen LogP contribution in [-0.2, 0) is 16.0 Å². The van der Waals surface area contributed by atoms with E-state index in [-0.39, 0.29) is 18.2 Å². The van der Waals surface area contributed by atoms with E-state index >= 15 is 0 Å². The molecule has 0 aromatic carbocycles. The average Bonchev–Trinajstić information content (AvgIpc) is 2.86. The van der Waals surface area contributed by atoms with E-state index in [0.717, 1.165) is 22.6 Å². The monoisotopic (exact) mass is 373 g/mol. The van der Waals surface area contributed by atoms with Crippen molar-refractivity contribution >= 4 is 11.9 Å². The highest BCUT2D eigenvalue weighted by Gasteiger charge is 2.26. The van der Waals surface area contributed by atoms with Crippen molar-refractivity contribution in [3.8, 4) is 5.95 Å². The molecule has 0 saturated heterocycles. The number of carboxylic acids is 1. The van der Waals surface area contributed by atoms with Gasteiger partial charge in [-0.2, -0.15) is 5.10 Å². The summed E-state index contributed by atoms with van der Waals surface area (Å²) in [5.74, 6) is -1.05. The highest BCUT2D eigenvalue weighted by molar-refractivity contribution is 5.85. The van der Waals surface area contributed by atoms with Crippen LogP contribution in [0.3, 0.4) is 0 Å². The third kappa shape index (κ3) is 4.69. The molecule has 0 aliphatic heterocycles. The number of aliphatic carboxylic acids is 1.